The monoisotopic (exact) mass is 413 g/mol. The molecule has 5 nitrogen and oxygen atoms in total. The Balaban J connectivity index is 1.67. The third-order valence-corrected chi connectivity index (χ3v) is 6.38. The van der Waals surface area contributed by atoms with Crippen molar-refractivity contribution in [3.05, 3.63) is 46.2 Å². The predicted octanol–water partition coefficient (Wildman–Crippen LogP) is 4.89. The van der Waals surface area contributed by atoms with Crippen molar-refractivity contribution in [3.8, 4) is 6.07 Å². The molecule has 7 heteroatoms. The van der Waals surface area contributed by atoms with Crippen LogP contribution >= 0.6 is 23.6 Å². The van der Waals surface area contributed by atoms with Gasteiger partial charge in [-0.25, -0.2) is 0 Å². The van der Waals surface area contributed by atoms with Crippen LogP contribution in [0.5, 0.6) is 0 Å². The van der Waals surface area contributed by atoms with Crippen molar-refractivity contribution in [3.63, 3.8) is 0 Å². The van der Waals surface area contributed by atoms with E-state index in [1.807, 2.05) is 0 Å². The Morgan fingerprint density at radius 2 is 2.25 bits per heavy atom. The van der Waals surface area contributed by atoms with Crippen LogP contribution < -0.4 is 10.6 Å². The van der Waals surface area contributed by atoms with Crippen molar-refractivity contribution >= 4 is 45.7 Å². The zero-order valence-corrected chi connectivity index (χ0v) is 17.8. The van der Waals surface area contributed by atoms with Crippen molar-refractivity contribution in [2.75, 3.05) is 5.32 Å². The van der Waals surface area contributed by atoms with Crippen molar-refractivity contribution in [1.82, 2.24) is 5.32 Å². The van der Waals surface area contributed by atoms with Crippen LogP contribution in [0.3, 0.4) is 0 Å². The molecule has 3 rings (SSSR count). The Bertz CT molecular complexity index is 944. The van der Waals surface area contributed by atoms with Crippen molar-refractivity contribution in [2.45, 2.75) is 40.0 Å². The van der Waals surface area contributed by atoms with E-state index in [9.17, 15) is 10.1 Å². The Kier molecular flexibility index (Phi) is 6.01. The van der Waals surface area contributed by atoms with Crippen molar-refractivity contribution < 1.29 is 9.21 Å². The quantitative estimate of drug-likeness (QED) is 0.553. The van der Waals surface area contributed by atoms with Crippen LogP contribution in [0.4, 0.5) is 5.00 Å². The Labute approximate surface area is 174 Å². The van der Waals surface area contributed by atoms with Gasteiger partial charge in [-0.3, -0.25) is 10.1 Å². The zero-order chi connectivity index (χ0) is 20.3. The first-order valence-corrected chi connectivity index (χ1v) is 10.4. The topological polar surface area (TPSA) is 78.1 Å². The second-order valence-electron chi connectivity index (χ2n) is 7.92. The average molecular weight is 414 g/mol. The van der Waals surface area contributed by atoms with Crippen LogP contribution in [-0.2, 0) is 17.6 Å². The van der Waals surface area contributed by atoms with Gasteiger partial charge < -0.3 is 9.73 Å². The smallest absolute Gasteiger partial charge is 0.250 e. The number of rotatable bonds is 3. The highest BCUT2D eigenvalue weighted by Crippen LogP contribution is 2.43. The molecule has 146 valence electrons. The van der Waals surface area contributed by atoms with E-state index in [0.29, 0.717) is 22.2 Å². The van der Waals surface area contributed by atoms with E-state index in [2.05, 4.69) is 37.5 Å². The Morgan fingerprint density at radius 3 is 2.89 bits per heavy atom. The molecule has 2 N–H and O–H groups in total. The van der Waals surface area contributed by atoms with E-state index in [1.165, 1.54) is 17.2 Å². The highest BCUT2D eigenvalue weighted by Gasteiger charge is 2.32. The van der Waals surface area contributed by atoms with Gasteiger partial charge >= 0.3 is 0 Å². The number of amides is 1. The van der Waals surface area contributed by atoms with Gasteiger partial charge in [-0.05, 0) is 66.6 Å². The number of hydrogen-bond acceptors (Lipinski definition) is 5. The summed E-state index contributed by atoms with van der Waals surface area (Å²) in [5, 5.41) is 16.2. The summed E-state index contributed by atoms with van der Waals surface area (Å²) in [5.74, 6) is 0.818. The molecule has 1 aliphatic rings. The fraction of sp³-hybridized carbons (Fsp3) is 0.381. The maximum atomic E-state index is 12.0. The number of thiocarbonyl (C=S) groups is 1. The molecule has 0 fully saturated rings. The lowest BCUT2D eigenvalue weighted by atomic mass is 9.72. The van der Waals surface area contributed by atoms with Crippen LogP contribution in [0.25, 0.3) is 6.08 Å². The summed E-state index contributed by atoms with van der Waals surface area (Å²) in [7, 11) is 0. The van der Waals surface area contributed by atoms with Crippen LogP contribution in [0, 0.1) is 22.7 Å². The second kappa shape index (κ2) is 8.29. The van der Waals surface area contributed by atoms with E-state index < -0.39 is 0 Å². The molecular weight excluding hydrogens is 390 g/mol. The fourth-order valence-electron chi connectivity index (χ4n) is 3.36. The first-order valence-electron chi connectivity index (χ1n) is 9.16. The summed E-state index contributed by atoms with van der Waals surface area (Å²) in [4.78, 5) is 13.3. The molecule has 1 aliphatic carbocycles. The second-order valence-corrected chi connectivity index (χ2v) is 9.43. The van der Waals surface area contributed by atoms with E-state index in [1.54, 1.807) is 29.5 Å². The molecule has 28 heavy (non-hydrogen) atoms. The molecule has 0 spiro atoms. The zero-order valence-electron chi connectivity index (χ0n) is 16.2. The molecule has 0 saturated heterocycles. The highest BCUT2D eigenvalue weighted by molar-refractivity contribution is 7.80. The van der Waals surface area contributed by atoms with Gasteiger partial charge in [0.05, 0.1) is 11.8 Å². The molecule has 0 bridgehead atoms. The maximum absolute atomic E-state index is 12.0. The van der Waals surface area contributed by atoms with Gasteiger partial charge in [-0.15, -0.1) is 11.3 Å². The van der Waals surface area contributed by atoms with Crippen LogP contribution in [0.15, 0.2) is 28.9 Å². The molecule has 0 aromatic carbocycles. The summed E-state index contributed by atoms with van der Waals surface area (Å²) >= 11 is 6.82. The number of nitrogens with zero attached hydrogens (tertiary/aromatic N) is 1. The van der Waals surface area contributed by atoms with Gasteiger partial charge in [-0.1, -0.05) is 20.8 Å². The fourth-order valence-corrected chi connectivity index (χ4v) is 4.91. The predicted molar refractivity (Wildman–Crippen MR) is 116 cm³/mol. The first-order chi connectivity index (χ1) is 13.3. The Hall–Kier alpha value is -2.43. The number of fused-ring (bicyclic) bond motifs is 1. The molecule has 1 amide bonds. The van der Waals surface area contributed by atoms with E-state index in [-0.39, 0.29) is 16.4 Å². The minimum Gasteiger partial charge on any atom is -0.465 e. The highest BCUT2D eigenvalue weighted by atomic mass is 32.1. The number of anilines is 1. The molecule has 0 saturated carbocycles. The van der Waals surface area contributed by atoms with Gasteiger partial charge in [0.2, 0.25) is 5.91 Å². The largest absolute Gasteiger partial charge is 0.465 e. The van der Waals surface area contributed by atoms with Gasteiger partial charge in [-0.2, -0.15) is 5.26 Å². The van der Waals surface area contributed by atoms with E-state index in [4.69, 9.17) is 16.6 Å². The molecule has 2 aromatic rings. The normalized spacial score (nSPS) is 16.4. The number of thiophene rings is 1. The van der Waals surface area contributed by atoms with Crippen molar-refractivity contribution in [2.24, 2.45) is 11.3 Å². The SMILES string of the molecule is CC(C)(C)[C@H]1CCc2c(sc(NC(=S)NC(=O)/C=C/c3ccco3)c2C#N)C1. The van der Waals surface area contributed by atoms with Gasteiger partial charge in [0.15, 0.2) is 5.11 Å². The number of carbonyl (C=O) groups excluding carboxylic acids is 1. The lowest BCUT2D eigenvalue weighted by molar-refractivity contribution is -0.115. The minimum absolute atomic E-state index is 0.177. The molecule has 0 aliphatic heterocycles. The number of hydrogen-bond donors (Lipinski definition) is 2. The van der Waals surface area contributed by atoms with Crippen LogP contribution in [0.2, 0.25) is 0 Å². The number of furan rings is 1. The summed E-state index contributed by atoms with van der Waals surface area (Å²) < 4.78 is 5.14. The lowest BCUT2D eigenvalue weighted by Crippen LogP contribution is -2.32. The molecular formula is C21H23N3O2S2. The van der Waals surface area contributed by atoms with Crippen molar-refractivity contribution in [1.29, 1.82) is 5.26 Å². The van der Waals surface area contributed by atoms with Gasteiger partial charge in [0.1, 0.15) is 16.8 Å². The molecule has 0 radical (unpaired) electrons. The van der Waals surface area contributed by atoms with Gasteiger partial charge in [0, 0.05) is 11.0 Å². The third-order valence-electron chi connectivity index (χ3n) is 5.01. The van der Waals surface area contributed by atoms with E-state index in [0.717, 1.165) is 24.8 Å². The third kappa shape index (κ3) is 4.70. The summed E-state index contributed by atoms with van der Waals surface area (Å²) in [6.45, 7) is 6.80. The molecule has 1 atom stereocenters. The first kappa shape index (κ1) is 20.3. The summed E-state index contributed by atoms with van der Waals surface area (Å²) in [6.07, 6.45) is 7.42. The Morgan fingerprint density at radius 1 is 1.46 bits per heavy atom. The summed E-state index contributed by atoms with van der Waals surface area (Å²) in [6, 6.07) is 5.81. The molecule has 2 heterocycles. The van der Waals surface area contributed by atoms with E-state index >= 15 is 0 Å². The minimum atomic E-state index is -0.360. The van der Waals surface area contributed by atoms with Crippen LogP contribution in [0.1, 0.15) is 49.0 Å². The van der Waals surface area contributed by atoms with Gasteiger partial charge in [0.25, 0.3) is 0 Å². The average Bonchev–Trinajstić information content (AvgIpc) is 3.25. The number of carbonyl (C=O) groups is 1. The lowest BCUT2D eigenvalue weighted by Gasteiger charge is -2.33. The maximum Gasteiger partial charge on any atom is 0.250 e. The number of nitriles is 1. The van der Waals surface area contributed by atoms with Crippen LogP contribution in [-0.4, -0.2) is 11.0 Å². The molecule has 0 unspecified atom stereocenters. The summed E-state index contributed by atoms with van der Waals surface area (Å²) in [5.41, 5.74) is 2.02. The number of nitrogens with one attached hydrogen (secondary N) is 2. The standard InChI is InChI=1S/C21H23N3O2S2/c1-21(2,3)13-6-8-15-16(12-22)19(28-17(15)11-13)24-20(27)23-18(25)9-7-14-5-4-10-26-14/h4-5,7,9-10,13H,6,8,11H2,1-3H3,(H2,23,24,25,27)/b9-7+/t13-/m0/s1. The molecule has 2 aromatic heterocycles.